The van der Waals surface area contributed by atoms with Gasteiger partial charge < -0.3 is 14.4 Å². The molecule has 1 aliphatic rings. The van der Waals surface area contributed by atoms with Gasteiger partial charge in [0, 0.05) is 25.1 Å². The molecule has 0 atom stereocenters. The monoisotopic (exact) mass is 428 g/mol. The van der Waals surface area contributed by atoms with Gasteiger partial charge in [-0.2, -0.15) is 5.10 Å². The van der Waals surface area contributed by atoms with Crippen molar-refractivity contribution in [1.29, 1.82) is 0 Å². The van der Waals surface area contributed by atoms with Crippen LogP contribution in [0.4, 0.5) is 0 Å². The Morgan fingerprint density at radius 1 is 1.20 bits per heavy atom. The Bertz CT molecular complexity index is 1070. The second-order valence-electron chi connectivity index (χ2n) is 7.24. The van der Waals surface area contributed by atoms with Crippen LogP contribution in [0.1, 0.15) is 29.0 Å². The third-order valence-electron chi connectivity index (χ3n) is 5.47. The number of hydrogen-bond donors (Lipinski definition) is 1. The molecule has 1 N–H and O–H groups in total. The fourth-order valence-corrected chi connectivity index (χ4v) is 4.59. The molecule has 1 amide bonds. The van der Waals surface area contributed by atoms with Crippen molar-refractivity contribution in [1.82, 2.24) is 19.7 Å². The van der Waals surface area contributed by atoms with Gasteiger partial charge >= 0.3 is 5.69 Å². The van der Waals surface area contributed by atoms with Gasteiger partial charge in [0.25, 0.3) is 5.91 Å². The van der Waals surface area contributed by atoms with E-state index in [9.17, 15) is 9.59 Å². The molecule has 0 radical (unpaired) electrons. The summed E-state index contributed by atoms with van der Waals surface area (Å²) in [6.45, 7) is 1.34. The highest BCUT2D eigenvalue weighted by molar-refractivity contribution is 7.12. The van der Waals surface area contributed by atoms with E-state index in [0.717, 1.165) is 23.7 Å². The van der Waals surface area contributed by atoms with Crippen LogP contribution in [0.3, 0.4) is 0 Å². The zero-order valence-electron chi connectivity index (χ0n) is 17.0. The number of piperidine rings is 1. The summed E-state index contributed by atoms with van der Waals surface area (Å²) in [5.74, 6) is 2.25. The van der Waals surface area contributed by atoms with Crippen molar-refractivity contribution in [3.63, 3.8) is 0 Å². The molecule has 1 aliphatic heterocycles. The van der Waals surface area contributed by atoms with Crippen LogP contribution >= 0.6 is 11.3 Å². The lowest BCUT2D eigenvalue weighted by Gasteiger charge is -2.32. The molecule has 8 nitrogen and oxygen atoms in total. The van der Waals surface area contributed by atoms with Crippen LogP contribution in [-0.4, -0.2) is 52.9 Å². The highest BCUT2D eigenvalue weighted by atomic mass is 32.1. The van der Waals surface area contributed by atoms with Crippen molar-refractivity contribution in [2.75, 3.05) is 27.3 Å². The van der Waals surface area contributed by atoms with Gasteiger partial charge in [-0.25, -0.2) is 14.5 Å². The van der Waals surface area contributed by atoms with Crippen LogP contribution in [-0.2, 0) is 6.42 Å². The number of thiophene rings is 1. The molecule has 0 spiro atoms. The number of amides is 1. The van der Waals surface area contributed by atoms with E-state index in [1.54, 1.807) is 37.0 Å². The minimum atomic E-state index is -0.214. The smallest absolute Gasteiger partial charge is 0.348 e. The Labute approximate surface area is 178 Å². The van der Waals surface area contributed by atoms with Crippen LogP contribution in [0.25, 0.3) is 5.00 Å². The Kier molecular flexibility index (Phi) is 5.89. The number of ether oxygens (including phenoxy) is 2. The molecule has 0 bridgehead atoms. The minimum Gasteiger partial charge on any atom is -0.493 e. The molecule has 3 heterocycles. The van der Waals surface area contributed by atoms with E-state index in [1.165, 1.54) is 11.3 Å². The van der Waals surface area contributed by atoms with Gasteiger partial charge in [0.15, 0.2) is 11.5 Å². The van der Waals surface area contributed by atoms with Crippen molar-refractivity contribution in [2.24, 2.45) is 5.92 Å². The van der Waals surface area contributed by atoms with E-state index in [-0.39, 0.29) is 11.6 Å². The van der Waals surface area contributed by atoms with E-state index in [2.05, 4.69) is 10.2 Å². The van der Waals surface area contributed by atoms with Crippen molar-refractivity contribution < 1.29 is 14.3 Å². The first-order valence-corrected chi connectivity index (χ1v) is 10.7. The summed E-state index contributed by atoms with van der Waals surface area (Å²) in [5.41, 5.74) is 0.374. The number of hydrogen-bond acceptors (Lipinski definition) is 6. The molecular weight excluding hydrogens is 404 g/mol. The molecule has 9 heteroatoms. The average molecular weight is 429 g/mol. The zero-order chi connectivity index (χ0) is 21.1. The van der Waals surface area contributed by atoms with Gasteiger partial charge in [-0.3, -0.25) is 4.79 Å². The Morgan fingerprint density at radius 2 is 1.97 bits per heavy atom. The maximum atomic E-state index is 12.9. The second-order valence-corrected chi connectivity index (χ2v) is 8.17. The fourth-order valence-electron chi connectivity index (χ4n) is 3.84. The lowest BCUT2D eigenvalue weighted by molar-refractivity contribution is 0.0689. The number of benzene rings is 1. The fraction of sp³-hybridized carbons (Fsp3) is 0.381. The summed E-state index contributed by atoms with van der Waals surface area (Å²) >= 11 is 1.51. The summed E-state index contributed by atoms with van der Waals surface area (Å²) in [6.07, 6.45) is 2.43. The number of nitrogens with one attached hydrogen (secondary N) is 1. The van der Waals surface area contributed by atoms with Crippen molar-refractivity contribution in [3.8, 4) is 16.5 Å². The van der Waals surface area contributed by atoms with E-state index < -0.39 is 0 Å². The Balaban J connectivity index is 1.40. The van der Waals surface area contributed by atoms with Gasteiger partial charge in [-0.15, -0.1) is 11.3 Å². The van der Waals surface area contributed by atoms with Crippen molar-refractivity contribution >= 4 is 17.2 Å². The number of carbonyl (C=O) groups excluding carboxylic acids is 1. The van der Waals surface area contributed by atoms with Gasteiger partial charge in [-0.05, 0) is 54.5 Å². The number of carbonyl (C=O) groups is 1. The number of likely N-dealkylation sites (tertiary alicyclic amines) is 1. The van der Waals surface area contributed by atoms with Crippen LogP contribution in [0.2, 0.25) is 0 Å². The second kappa shape index (κ2) is 8.74. The molecular formula is C21H24N4O4S. The standard InChI is InChI=1S/C21H24N4O4S/c1-28-16-6-5-15(13-17(16)29-2)20(26)24-9-7-14(8-10-24)12-18-22-23-21(27)25(18)19-4-3-11-30-19/h3-6,11,13-14H,7-10,12H2,1-2H3,(H,23,27). The van der Waals surface area contributed by atoms with Crippen LogP contribution in [0.15, 0.2) is 40.5 Å². The number of methoxy groups -OCH3 is 2. The summed E-state index contributed by atoms with van der Waals surface area (Å²) in [7, 11) is 3.13. The summed E-state index contributed by atoms with van der Waals surface area (Å²) in [6, 6.07) is 9.06. The van der Waals surface area contributed by atoms with E-state index >= 15 is 0 Å². The third-order valence-corrected chi connectivity index (χ3v) is 6.33. The molecule has 0 aliphatic carbocycles. The molecule has 4 rings (SSSR count). The SMILES string of the molecule is COc1ccc(C(=O)N2CCC(Cc3n[nH]c(=O)n3-c3cccs3)CC2)cc1OC. The number of aromatic nitrogens is 3. The van der Waals surface area contributed by atoms with Crippen molar-refractivity contribution in [2.45, 2.75) is 19.3 Å². The number of aromatic amines is 1. The molecule has 1 fully saturated rings. The Morgan fingerprint density at radius 3 is 2.63 bits per heavy atom. The largest absolute Gasteiger partial charge is 0.493 e. The first kappa shape index (κ1) is 20.2. The average Bonchev–Trinajstić information content (AvgIpc) is 3.43. The maximum absolute atomic E-state index is 12.9. The van der Waals surface area contributed by atoms with E-state index in [1.807, 2.05) is 22.4 Å². The molecule has 2 aromatic heterocycles. The Hall–Kier alpha value is -3.07. The summed E-state index contributed by atoms with van der Waals surface area (Å²) in [5, 5.41) is 9.60. The van der Waals surface area contributed by atoms with Gasteiger partial charge in [0.05, 0.1) is 14.2 Å². The van der Waals surface area contributed by atoms with E-state index in [0.29, 0.717) is 42.5 Å². The quantitative estimate of drug-likeness (QED) is 0.652. The maximum Gasteiger partial charge on any atom is 0.348 e. The number of rotatable bonds is 6. The molecule has 0 saturated carbocycles. The number of H-pyrrole nitrogens is 1. The molecule has 1 aromatic carbocycles. The topological polar surface area (TPSA) is 89.5 Å². The van der Waals surface area contributed by atoms with Crippen LogP contribution < -0.4 is 15.2 Å². The number of nitrogens with zero attached hydrogens (tertiary/aromatic N) is 3. The normalized spacial score (nSPS) is 14.7. The molecule has 158 valence electrons. The molecule has 1 saturated heterocycles. The van der Waals surface area contributed by atoms with Crippen LogP contribution in [0, 0.1) is 5.92 Å². The first-order valence-electron chi connectivity index (χ1n) is 9.82. The van der Waals surface area contributed by atoms with Gasteiger partial charge in [-0.1, -0.05) is 0 Å². The summed E-state index contributed by atoms with van der Waals surface area (Å²) < 4.78 is 12.2. The molecule has 3 aromatic rings. The lowest BCUT2D eigenvalue weighted by Crippen LogP contribution is -2.39. The van der Waals surface area contributed by atoms with Crippen molar-refractivity contribution in [3.05, 3.63) is 57.6 Å². The highest BCUT2D eigenvalue weighted by Crippen LogP contribution is 2.29. The first-order chi connectivity index (χ1) is 14.6. The highest BCUT2D eigenvalue weighted by Gasteiger charge is 2.26. The van der Waals surface area contributed by atoms with E-state index in [4.69, 9.17) is 9.47 Å². The van der Waals surface area contributed by atoms with Crippen LogP contribution in [0.5, 0.6) is 11.5 Å². The lowest BCUT2D eigenvalue weighted by atomic mass is 9.93. The van der Waals surface area contributed by atoms with Gasteiger partial charge in [0.1, 0.15) is 10.8 Å². The predicted molar refractivity (Wildman–Crippen MR) is 114 cm³/mol. The molecule has 30 heavy (non-hydrogen) atoms. The minimum absolute atomic E-state index is 0.00957. The van der Waals surface area contributed by atoms with Gasteiger partial charge in [0.2, 0.25) is 0 Å². The molecule has 0 unspecified atom stereocenters. The predicted octanol–water partition coefficient (Wildman–Crippen LogP) is 2.73. The zero-order valence-corrected chi connectivity index (χ0v) is 17.8. The summed E-state index contributed by atoms with van der Waals surface area (Å²) in [4.78, 5) is 26.9. The third kappa shape index (κ3) is 3.97.